The van der Waals surface area contributed by atoms with E-state index in [0.717, 1.165) is 35.6 Å². The van der Waals surface area contributed by atoms with Gasteiger partial charge in [-0.1, -0.05) is 12.1 Å². The first kappa shape index (κ1) is 24.9. The molecule has 1 aliphatic heterocycles. The largest absolute Gasteiger partial charge is 0.402 e. The summed E-state index contributed by atoms with van der Waals surface area (Å²) in [6.07, 6.45) is -0.507. The average molecular weight is 556 g/mol. The van der Waals surface area contributed by atoms with E-state index in [1.165, 1.54) is 23.5 Å². The van der Waals surface area contributed by atoms with Crippen LogP contribution in [0, 0.1) is 23.5 Å². The Labute approximate surface area is 214 Å². The molecule has 2 aliphatic carbocycles. The predicted octanol–water partition coefficient (Wildman–Crippen LogP) is 5.33. The minimum atomic E-state index is -4.62. The van der Waals surface area contributed by atoms with Crippen LogP contribution >= 0.6 is 11.3 Å². The van der Waals surface area contributed by atoms with Crippen molar-refractivity contribution in [2.45, 2.75) is 37.4 Å². The van der Waals surface area contributed by atoms with Gasteiger partial charge in [-0.15, -0.1) is 11.3 Å². The van der Waals surface area contributed by atoms with Crippen molar-refractivity contribution >= 4 is 21.5 Å². The fraction of sp³-hybridized carbons (Fsp3) is 0.400. The van der Waals surface area contributed by atoms with Crippen molar-refractivity contribution in [3.8, 4) is 21.0 Å². The molecule has 2 bridgehead atoms. The van der Waals surface area contributed by atoms with Crippen LogP contribution in [0.3, 0.4) is 0 Å². The molecule has 1 N–H and O–H groups in total. The van der Waals surface area contributed by atoms with Crippen molar-refractivity contribution in [1.82, 2.24) is 14.0 Å². The maximum absolute atomic E-state index is 14.2. The summed E-state index contributed by atoms with van der Waals surface area (Å²) in [5, 5.41) is 0.656. The van der Waals surface area contributed by atoms with Gasteiger partial charge in [0.2, 0.25) is 0 Å². The Balaban J connectivity index is 1.29. The van der Waals surface area contributed by atoms with Crippen LogP contribution in [-0.4, -0.2) is 42.5 Å². The van der Waals surface area contributed by atoms with Crippen LogP contribution in [0.25, 0.3) is 21.0 Å². The predicted molar refractivity (Wildman–Crippen MR) is 129 cm³/mol. The topological polar surface area (TPSA) is 62.3 Å². The SMILES string of the molecule is O=S1(=O)N[C@]2(CN1CC(F)(F)F)[C@@H]1CC[C@H]2Cc2cc(-c3ncc(-c4ccc(F)cc4F)s3)ccc2C1. The zero-order valence-electron chi connectivity index (χ0n) is 19.4. The number of hydrogen-bond acceptors (Lipinski definition) is 4. The number of hydrogen-bond donors (Lipinski definition) is 1. The molecule has 12 heteroatoms. The Morgan fingerprint density at radius 3 is 2.49 bits per heavy atom. The van der Waals surface area contributed by atoms with E-state index in [-0.39, 0.29) is 23.9 Å². The Morgan fingerprint density at radius 1 is 1.05 bits per heavy atom. The zero-order chi connectivity index (χ0) is 26.2. The van der Waals surface area contributed by atoms with E-state index >= 15 is 0 Å². The number of nitrogens with zero attached hydrogens (tertiary/aromatic N) is 2. The standard InChI is InChI=1S/C25H22F5N3O2S2/c26-19-5-6-20(21(27)10-19)22-11-31-23(36-22)15-2-1-14-8-17-3-4-18(9-16(14)7-15)24(17)12-33(13-25(28,29)30)37(34,35)32-24/h1-2,5-7,10-11,17-18,32H,3-4,8-9,12-13H2/t17-,18+,24-/m1/s1. The lowest BCUT2D eigenvalue weighted by Gasteiger charge is -2.33. The minimum absolute atomic E-state index is 0.106. The van der Waals surface area contributed by atoms with Gasteiger partial charge in [-0.05, 0) is 66.8 Å². The first-order chi connectivity index (χ1) is 17.4. The van der Waals surface area contributed by atoms with Crippen LogP contribution in [0.5, 0.6) is 0 Å². The van der Waals surface area contributed by atoms with E-state index in [9.17, 15) is 30.4 Å². The quantitative estimate of drug-likeness (QED) is 0.445. The summed E-state index contributed by atoms with van der Waals surface area (Å²) in [6, 6.07) is 9.26. The van der Waals surface area contributed by atoms with Crippen LogP contribution in [0.15, 0.2) is 42.6 Å². The summed E-state index contributed by atoms with van der Waals surface area (Å²) < 4.78 is 95.4. The fourth-order valence-corrected chi connectivity index (χ4v) is 8.85. The van der Waals surface area contributed by atoms with Gasteiger partial charge in [0, 0.05) is 29.9 Å². The lowest BCUT2D eigenvalue weighted by atomic mass is 9.79. The number of thiazole rings is 1. The molecule has 1 aromatic heterocycles. The Bertz CT molecular complexity index is 1490. The van der Waals surface area contributed by atoms with E-state index in [2.05, 4.69) is 9.71 Å². The number of rotatable bonds is 3. The lowest BCUT2D eigenvalue weighted by molar-refractivity contribution is -0.136. The van der Waals surface area contributed by atoms with Gasteiger partial charge in [-0.3, -0.25) is 0 Å². The van der Waals surface area contributed by atoms with Crippen molar-refractivity contribution in [3.05, 3.63) is 65.4 Å². The first-order valence-corrected chi connectivity index (χ1v) is 14.1. The maximum Gasteiger partial charge on any atom is 0.402 e. The molecule has 3 aromatic rings. The van der Waals surface area contributed by atoms with E-state index in [0.29, 0.717) is 27.0 Å². The van der Waals surface area contributed by atoms with Gasteiger partial charge in [0.15, 0.2) is 0 Å². The third kappa shape index (κ3) is 4.37. The second kappa shape index (κ2) is 8.55. The molecular weight excluding hydrogens is 533 g/mol. The summed E-state index contributed by atoms with van der Waals surface area (Å²) in [5.41, 5.74) is 2.20. The first-order valence-electron chi connectivity index (χ1n) is 11.8. The molecule has 1 saturated heterocycles. The van der Waals surface area contributed by atoms with Crippen LogP contribution in [0.4, 0.5) is 22.0 Å². The maximum atomic E-state index is 14.2. The number of alkyl halides is 3. The van der Waals surface area contributed by atoms with Crippen molar-refractivity contribution < 1.29 is 30.4 Å². The van der Waals surface area contributed by atoms with Crippen molar-refractivity contribution in [3.63, 3.8) is 0 Å². The highest BCUT2D eigenvalue weighted by atomic mass is 32.2. The zero-order valence-corrected chi connectivity index (χ0v) is 21.0. The molecular formula is C25H22F5N3O2S2. The second-order valence-corrected chi connectivity index (χ2v) is 12.7. The molecule has 0 unspecified atom stereocenters. The second-order valence-electron chi connectivity index (χ2n) is 10.0. The lowest BCUT2D eigenvalue weighted by Crippen LogP contribution is -2.52. The number of fused-ring (bicyclic) bond motifs is 1. The molecule has 2 aromatic carbocycles. The molecule has 196 valence electrons. The molecule has 3 atom stereocenters. The third-order valence-corrected chi connectivity index (χ3v) is 10.5. The third-order valence-electron chi connectivity index (χ3n) is 7.86. The Kier molecular flexibility index (Phi) is 5.76. The van der Waals surface area contributed by atoms with Gasteiger partial charge in [0.05, 0.1) is 10.4 Å². The monoisotopic (exact) mass is 555 g/mol. The number of benzene rings is 2. The van der Waals surface area contributed by atoms with Crippen molar-refractivity contribution in [2.75, 3.05) is 13.1 Å². The van der Waals surface area contributed by atoms with E-state index < -0.39 is 40.1 Å². The van der Waals surface area contributed by atoms with Gasteiger partial charge < -0.3 is 0 Å². The molecule has 37 heavy (non-hydrogen) atoms. The van der Waals surface area contributed by atoms with Crippen LogP contribution < -0.4 is 4.72 Å². The summed E-state index contributed by atoms with van der Waals surface area (Å²) in [7, 11) is -4.24. The number of halogens is 5. The van der Waals surface area contributed by atoms with E-state index in [4.69, 9.17) is 0 Å². The smallest absolute Gasteiger partial charge is 0.244 e. The van der Waals surface area contributed by atoms with Crippen molar-refractivity contribution in [2.24, 2.45) is 11.8 Å². The average Bonchev–Trinajstić information content (AvgIpc) is 3.42. The minimum Gasteiger partial charge on any atom is -0.244 e. The molecule has 2 fully saturated rings. The summed E-state index contributed by atoms with van der Waals surface area (Å²) >= 11 is 1.28. The van der Waals surface area contributed by atoms with Gasteiger partial charge in [-0.2, -0.15) is 30.6 Å². The van der Waals surface area contributed by atoms with Crippen LogP contribution in [0.1, 0.15) is 24.0 Å². The molecule has 6 rings (SSSR count). The highest BCUT2D eigenvalue weighted by Gasteiger charge is 2.60. The Morgan fingerprint density at radius 2 is 1.78 bits per heavy atom. The Hall–Kier alpha value is -2.41. The molecule has 2 heterocycles. The van der Waals surface area contributed by atoms with Gasteiger partial charge in [0.25, 0.3) is 10.2 Å². The van der Waals surface area contributed by atoms with Crippen LogP contribution in [-0.2, 0) is 23.1 Å². The molecule has 3 aliphatic rings. The number of nitrogens with one attached hydrogen (secondary N) is 1. The van der Waals surface area contributed by atoms with E-state index in [1.807, 2.05) is 18.2 Å². The normalized spacial score (nSPS) is 26.9. The van der Waals surface area contributed by atoms with Gasteiger partial charge >= 0.3 is 6.18 Å². The summed E-state index contributed by atoms with van der Waals surface area (Å²) in [6.45, 7) is -1.69. The molecule has 0 radical (unpaired) electrons. The fourth-order valence-electron chi connectivity index (χ4n) is 6.20. The number of aromatic nitrogens is 1. The van der Waals surface area contributed by atoms with E-state index in [1.54, 1.807) is 6.20 Å². The van der Waals surface area contributed by atoms with Gasteiger partial charge in [-0.25, -0.2) is 13.8 Å². The van der Waals surface area contributed by atoms with Crippen molar-refractivity contribution in [1.29, 1.82) is 0 Å². The molecule has 1 saturated carbocycles. The molecule has 0 amide bonds. The van der Waals surface area contributed by atoms with Gasteiger partial charge in [0.1, 0.15) is 23.2 Å². The molecule has 1 spiro atoms. The summed E-state index contributed by atoms with van der Waals surface area (Å²) in [5.74, 6) is -1.57. The highest BCUT2D eigenvalue weighted by Crippen LogP contribution is 2.51. The molecule has 5 nitrogen and oxygen atoms in total. The summed E-state index contributed by atoms with van der Waals surface area (Å²) in [4.78, 5) is 4.99. The highest BCUT2D eigenvalue weighted by molar-refractivity contribution is 7.87. The van der Waals surface area contributed by atoms with Crippen LogP contribution in [0.2, 0.25) is 0 Å².